The van der Waals surface area contributed by atoms with Gasteiger partial charge >= 0.3 is 0 Å². The highest BCUT2D eigenvalue weighted by molar-refractivity contribution is 6.21. The first-order valence-corrected chi connectivity index (χ1v) is 9.64. The standard InChI is InChI=1S/C25H21NO3/c27-23-13-4-1-10-20(23)15-14-19-8-5-7-18(17-19)9-6-16-26-24(28)21-11-2-3-12-22(21)25(26)29/h1-5,7-8,10-15,17,27H,6,9,16H2/b15-14+. The molecule has 3 aromatic carbocycles. The summed E-state index contributed by atoms with van der Waals surface area (Å²) in [5.41, 5.74) is 3.93. The first-order valence-electron chi connectivity index (χ1n) is 9.64. The number of carbonyl (C=O) groups is 2. The molecule has 4 heteroatoms. The predicted octanol–water partition coefficient (Wildman–Crippen LogP) is 4.79. The van der Waals surface area contributed by atoms with Crippen molar-refractivity contribution in [3.63, 3.8) is 0 Å². The quantitative estimate of drug-likeness (QED) is 0.492. The monoisotopic (exact) mass is 383 g/mol. The van der Waals surface area contributed by atoms with Crippen LogP contribution in [0.2, 0.25) is 0 Å². The van der Waals surface area contributed by atoms with Crippen molar-refractivity contribution in [2.75, 3.05) is 6.54 Å². The minimum atomic E-state index is -0.204. The van der Waals surface area contributed by atoms with E-state index in [1.807, 2.05) is 42.5 Å². The number of hydrogen-bond acceptors (Lipinski definition) is 3. The van der Waals surface area contributed by atoms with Crippen LogP contribution in [0.25, 0.3) is 12.2 Å². The lowest BCUT2D eigenvalue weighted by atomic mass is 10.0. The van der Waals surface area contributed by atoms with Gasteiger partial charge in [0.2, 0.25) is 0 Å². The van der Waals surface area contributed by atoms with Gasteiger partial charge in [0.1, 0.15) is 5.75 Å². The van der Waals surface area contributed by atoms with Crippen molar-refractivity contribution in [3.05, 3.63) is 101 Å². The number of benzene rings is 3. The van der Waals surface area contributed by atoms with E-state index in [1.54, 1.807) is 36.4 Å². The maximum atomic E-state index is 12.4. The second-order valence-corrected chi connectivity index (χ2v) is 7.05. The van der Waals surface area contributed by atoms with Crippen molar-refractivity contribution in [1.82, 2.24) is 4.90 Å². The predicted molar refractivity (Wildman–Crippen MR) is 114 cm³/mol. The molecule has 1 aliphatic rings. The second kappa shape index (κ2) is 8.15. The van der Waals surface area contributed by atoms with Crippen molar-refractivity contribution < 1.29 is 14.7 Å². The van der Waals surface area contributed by atoms with Crippen LogP contribution in [0, 0.1) is 0 Å². The molecule has 0 aromatic heterocycles. The molecule has 2 amide bonds. The van der Waals surface area contributed by atoms with Crippen LogP contribution in [-0.2, 0) is 6.42 Å². The fourth-order valence-corrected chi connectivity index (χ4v) is 3.55. The van der Waals surface area contributed by atoms with E-state index >= 15 is 0 Å². The van der Waals surface area contributed by atoms with E-state index < -0.39 is 0 Å². The molecule has 0 atom stereocenters. The summed E-state index contributed by atoms with van der Waals surface area (Å²) >= 11 is 0. The van der Waals surface area contributed by atoms with Crippen LogP contribution >= 0.6 is 0 Å². The summed E-state index contributed by atoms with van der Waals surface area (Å²) in [5.74, 6) is -0.157. The Morgan fingerprint density at radius 3 is 2.21 bits per heavy atom. The Balaban J connectivity index is 1.38. The molecule has 0 aliphatic carbocycles. The largest absolute Gasteiger partial charge is 0.507 e. The number of carbonyl (C=O) groups excluding carboxylic acids is 2. The summed E-state index contributed by atoms with van der Waals surface area (Å²) in [6.07, 6.45) is 5.32. The number of phenolic OH excluding ortho intramolecular Hbond substituents is 1. The van der Waals surface area contributed by atoms with Crippen molar-refractivity contribution in [2.24, 2.45) is 0 Å². The molecule has 0 bridgehead atoms. The molecule has 1 aliphatic heterocycles. The summed E-state index contributed by atoms with van der Waals surface area (Å²) in [4.78, 5) is 26.2. The van der Waals surface area contributed by atoms with E-state index in [0.29, 0.717) is 24.1 Å². The van der Waals surface area contributed by atoms with Crippen molar-refractivity contribution in [2.45, 2.75) is 12.8 Å². The minimum absolute atomic E-state index is 0.204. The number of aromatic hydroxyl groups is 1. The van der Waals surface area contributed by atoms with E-state index in [0.717, 1.165) is 23.1 Å². The van der Waals surface area contributed by atoms with Crippen LogP contribution in [0.5, 0.6) is 5.75 Å². The summed E-state index contributed by atoms with van der Waals surface area (Å²) in [7, 11) is 0. The van der Waals surface area contributed by atoms with E-state index in [4.69, 9.17) is 0 Å². The van der Waals surface area contributed by atoms with Gasteiger partial charge in [0, 0.05) is 12.1 Å². The van der Waals surface area contributed by atoms with Crippen LogP contribution in [0.3, 0.4) is 0 Å². The molecule has 1 N–H and O–H groups in total. The Labute approximate surface area is 169 Å². The SMILES string of the molecule is O=C1c2ccccc2C(=O)N1CCCc1cccc(/C=C/c2ccccc2O)c1. The Hall–Kier alpha value is -3.66. The lowest BCUT2D eigenvalue weighted by molar-refractivity contribution is 0.0652. The van der Waals surface area contributed by atoms with Gasteiger partial charge < -0.3 is 5.11 Å². The Morgan fingerprint density at radius 1 is 0.793 bits per heavy atom. The molecule has 3 aromatic rings. The minimum Gasteiger partial charge on any atom is -0.507 e. The van der Waals surface area contributed by atoms with Gasteiger partial charge in [0.25, 0.3) is 11.8 Å². The summed E-state index contributed by atoms with van der Waals surface area (Å²) < 4.78 is 0. The molecule has 0 spiro atoms. The van der Waals surface area contributed by atoms with Gasteiger partial charge in [0.15, 0.2) is 0 Å². The average molecular weight is 383 g/mol. The first-order chi connectivity index (χ1) is 14.1. The molecule has 4 nitrogen and oxygen atoms in total. The molecule has 0 fully saturated rings. The van der Waals surface area contributed by atoms with Crippen LogP contribution in [0.4, 0.5) is 0 Å². The zero-order chi connectivity index (χ0) is 20.2. The van der Waals surface area contributed by atoms with Crippen LogP contribution in [0.1, 0.15) is 43.8 Å². The van der Waals surface area contributed by atoms with Crippen molar-refractivity contribution >= 4 is 24.0 Å². The number of amides is 2. The number of fused-ring (bicyclic) bond motifs is 1. The summed E-state index contributed by atoms with van der Waals surface area (Å²) in [6.45, 7) is 0.407. The number of nitrogens with zero attached hydrogens (tertiary/aromatic N) is 1. The van der Waals surface area contributed by atoms with Gasteiger partial charge in [-0.05, 0) is 42.2 Å². The molecule has 144 valence electrons. The number of rotatable bonds is 6. The molecule has 4 rings (SSSR count). The number of aryl methyl sites for hydroxylation is 1. The molecule has 1 heterocycles. The van der Waals surface area contributed by atoms with E-state index in [2.05, 4.69) is 6.07 Å². The number of imide groups is 1. The van der Waals surface area contributed by atoms with Gasteiger partial charge in [-0.3, -0.25) is 14.5 Å². The van der Waals surface area contributed by atoms with Crippen LogP contribution in [-0.4, -0.2) is 28.4 Å². The molecule has 0 saturated carbocycles. The van der Waals surface area contributed by atoms with Crippen LogP contribution < -0.4 is 0 Å². The van der Waals surface area contributed by atoms with Crippen molar-refractivity contribution in [3.8, 4) is 5.75 Å². The molecule has 29 heavy (non-hydrogen) atoms. The van der Waals surface area contributed by atoms with Crippen molar-refractivity contribution in [1.29, 1.82) is 0 Å². The molecular weight excluding hydrogens is 362 g/mol. The summed E-state index contributed by atoms with van der Waals surface area (Å²) in [5, 5.41) is 9.86. The van der Waals surface area contributed by atoms with E-state index in [1.165, 1.54) is 4.90 Å². The second-order valence-electron chi connectivity index (χ2n) is 7.05. The van der Waals surface area contributed by atoms with Gasteiger partial charge in [-0.2, -0.15) is 0 Å². The van der Waals surface area contributed by atoms with Gasteiger partial charge in [-0.15, -0.1) is 0 Å². The normalized spacial score (nSPS) is 13.3. The van der Waals surface area contributed by atoms with Gasteiger partial charge in [-0.25, -0.2) is 0 Å². The Kier molecular flexibility index (Phi) is 5.25. The number of phenols is 1. The maximum absolute atomic E-state index is 12.4. The Bertz CT molecular complexity index is 1070. The third kappa shape index (κ3) is 3.97. The number of hydrogen-bond donors (Lipinski definition) is 1. The van der Waals surface area contributed by atoms with Gasteiger partial charge in [0.05, 0.1) is 11.1 Å². The highest BCUT2D eigenvalue weighted by atomic mass is 16.3. The molecule has 0 radical (unpaired) electrons. The fourth-order valence-electron chi connectivity index (χ4n) is 3.55. The smallest absolute Gasteiger partial charge is 0.261 e. The lowest BCUT2D eigenvalue weighted by Crippen LogP contribution is -2.30. The zero-order valence-electron chi connectivity index (χ0n) is 15.9. The zero-order valence-corrected chi connectivity index (χ0v) is 15.9. The highest BCUT2D eigenvalue weighted by Crippen LogP contribution is 2.23. The number of para-hydroxylation sites is 1. The first kappa shape index (κ1) is 18.7. The average Bonchev–Trinajstić information content (AvgIpc) is 2.99. The van der Waals surface area contributed by atoms with Gasteiger partial charge in [-0.1, -0.05) is 66.7 Å². The Morgan fingerprint density at radius 2 is 1.48 bits per heavy atom. The fraction of sp³-hybridized carbons (Fsp3) is 0.120. The van der Waals surface area contributed by atoms with E-state index in [9.17, 15) is 14.7 Å². The molecular formula is C25H21NO3. The highest BCUT2D eigenvalue weighted by Gasteiger charge is 2.34. The third-order valence-electron chi connectivity index (χ3n) is 5.07. The lowest BCUT2D eigenvalue weighted by Gasteiger charge is -2.13. The third-order valence-corrected chi connectivity index (χ3v) is 5.07. The molecule has 0 unspecified atom stereocenters. The summed E-state index contributed by atoms with van der Waals surface area (Å²) in [6, 6.07) is 22.3. The van der Waals surface area contributed by atoms with Crippen LogP contribution in [0.15, 0.2) is 72.8 Å². The molecule has 0 saturated heterocycles. The topological polar surface area (TPSA) is 57.6 Å². The van der Waals surface area contributed by atoms with E-state index in [-0.39, 0.29) is 17.6 Å². The maximum Gasteiger partial charge on any atom is 0.261 e.